The van der Waals surface area contributed by atoms with E-state index in [4.69, 9.17) is 18.3 Å². The summed E-state index contributed by atoms with van der Waals surface area (Å²) in [7, 11) is -3.93. The van der Waals surface area contributed by atoms with Gasteiger partial charge in [0.2, 0.25) is 0 Å². The Kier molecular flexibility index (Phi) is 14.0. The van der Waals surface area contributed by atoms with Crippen LogP contribution in [0.1, 0.15) is 113 Å². The molecule has 2 saturated carbocycles. The zero-order valence-corrected chi connectivity index (χ0v) is 30.9. The molecule has 0 N–H and O–H groups in total. The molecule has 0 radical (unpaired) electrons. The van der Waals surface area contributed by atoms with Gasteiger partial charge in [-0.2, -0.15) is 0 Å². The molecular weight excluding hydrogens is 545 g/mol. The van der Waals surface area contributed by atoms with E-state index in [0.717, 1.165) is 19.3 Å². The number of ether oxygens (including phenoxy) is 2. The van der Waals surface area contributed by atoms with Crippen LogP contribution < -0.4 is 0 Å². The number of hydrogen-bond donors (Lipinski definition) is 0. The molecule has 2 fully saturated rings. The molecule has 2 rings (SSSR count). The molecule has 240 valence electrons. The summed E-state index contributed by atoms with van der Waals surface area (Å²) in [6.45, 7) is 28.4. The first kappa shape index (κ1) is 36.9. The maximum absolute atomic E-state index is 13.5. The van der Waals surface area contributed by atoms with Gasteiger partial charge in [-0.1, -0.05) is 73.0 Å². The number of rotatable bonds is 15. The van der Waals surface area contributed by atoms with Gasteiger partial charge in [-0.05, 0) is 94.1 Å². The second-order valence-corrected chi connectivity index (χ2v) is 25.3. The molecule has 2 aliphatic rings. The van der Waals surface area contributed by atoms with E-state index >= 15 is 0 Å². The van der Waals surface area contributed by atoms with E-state index in [1.54, 1.807) is 0 Å². The average molecular weight is 611 g/mol. The summed E-state index contributed by atoms with van der Waals surface area (Å²) in [6, 6.07) is 0. The standard InChI is InChI=1S/C34H66O5Si2/c1-13-36-26(2)37-24-18-17-21-28-29(32(25-30(28)35)39-41(11,12)34(6,7)8)22-23-31(27-19-15-14-16-20-27)38-40(9,10)33(3,4)5/h17-18,26-29,31-32H,13-16,19-25H2,1-12H3/b18-17-/t26?,28?,29-,31-,32-/m1/s1. The molecule has 0 aliphatic heterocycles. The van der Waals surface area contributed by atoms with Crippen LogP contribution in [0.15, 0.2) is 12.2 Å². The third kappa shape index (κ3) is 11.0. The van der Waals surface area contributed by atoms with Gasteiger partial charge in [-0.25, -0.2) is 0 Å². The lowest BCUT2D eigenvalue weighted by molar-refractivity contribution is -0.121. The lowest BCUT2D eigenvalue weighted by Crippen LogP contribution is -2.47. The largest absolute Gasteiger partial charge is 0.414 e. The summed E-state index contributed by atoms with van der Waals surface area (Å²) in [5, 5.41) is 0.301. The van der Waals surface area contributed by atoms with Gasteiger partial charge in [0.1, 0.15) is 5.78 Å². The van der Waals surface area contributed by atoms with Crippen LogP contribution in [0.5, 0.6) is 0 Å². The number of carbonyl (C=O) groups is 1. The van der Waals surface area contributed by atoms with Crippen LogP contribution in [-0.2, 0) is 23.1 Å². The molecule has 0 bridgehead atoms. The van der Waals surface area contributed by atoms with Crippen LogP contribution >= 0.6 is 0 Å². The Morgan fingerprint density at radius 3 is 2.07 bits per heavy atom. The minimum atomic E-state index is -2.02. The van der Waals surface area contributed by atoms with E-state index in [9.17, 15) is 4.79 Å². The molecule has 0 amide bonds. The van der Waals surface area contributed by atoms with Crippen LogP contribution in [0.3, 0.4) is 0 Å². The summed E-state index contributed by atoms with van der Waals surface area (Å²) in [4.78, 5) is 13.5. The Hall–Kier alpha value is -0.316. The third-order valence-corrected chi connectivity index (χ3v) is 19.7. The Morgan fingerprint density at radius 2 is 1.51 bits per heavy atom. The van der Waals surface area contributed by atoms with Crippen molar-refractivity contribution >= 4 is 22.4 Å². The number of carbonyl (C=O) groups excluding carboxylic acids is 1. The van der Waals surface area contributed by atoms with E-state index in [1.165, 1.54) is 32.1 Å². The number of allylic oxidation sites excluding steroid dienone is 1. The van der Waals surface area contributed by atoms with Gasteiger partial charge in [0.15, 0.2) is 22.9 Å². The van der Waals surface area contributed by atoms with E-state index in [1.807, 2.05) is 19.9 Å². The summed E-state index contributed by atoms with van der Waals surface area (Å²) in [5.41, 5.74) is 0. The zero-order chi connectivity index (χ0) is 31.1. The Labute approximate surface area is 256 Å². The highest BCUT2D eigenvalue weighted by molar-refractivity contribution is 6.74. The zero-order valence-electron chi connectivity index (χ0n) is 28.9. The molecule has 0 aromatic heterocycles. The Morgan fingerprint density at radius 1 is 0.902 bits per heavy atom. The first-order chi connectivity index (χ1) is 18.9. The SMILES string of the molecule is CCOC(C)OC/C=C\CC1C(=O)C[C@@H](O[Si](C)(C)C(C)(C)C)[C@@H]1CC[C@@H](O[Si](C)(C)C(C)(C)C)C1CCCCC1. The van der Waals surface area contributed by atoms with Crippen LogP contribution in [0.25, 0.3) is 0 Å². The highest BCUT2D eigenvalue weighted by atomic mass is 28.4. The van der Waals surface area contributed by atoms with Gasteiger partial charge in [0, 0.05) is 25.0 Å². The van der Waals surface area contributed by atoms with Crippen molar-refractivity contribution < 1.29 is 23.1 Å². The molecule has 0 aromatic carbocycles. The lowest BCUT2D eigenvalue weighted by atomic mass is 9.81. The summed E-state index contributed by atoms with van der Waals surface area (Å²) in [6.07, 6.45) is 14.1. The normalized spacial score (nSPS) is 25.3. The van der Waals surface area contributed by atoms with Crippen molar-refractivity contribution in [2.75, 3.05) is 13.2 Å². The topological polar surface area (TPSA) is 54.0 Å². The van der Waals surface area contributed by atoms with Crippen LogP contribution in [-0.4, -0.2) is 54.1 Å². The first-order valence-electron chi connectivity index (χ1n) is 16.7. The van der Waals surface area contributed by atoms with E-state index in [0.29, 0.717) is 31.3 Å². The fourth-order valence-corrected chi connectivity index (χ4v) is 8.76. The summed E-state index contributed by atoms with van der Waals surface area (Å²) >= 11 is 0. The smallest absolute Gasteiger partial charge is 0.192 e. The van der Waals surface area contributed by atoms with E-state index < -0.39 is 16.6 Å². The van der Waals surface area contributed by atoms with E-state index in [2.05, 4.69) is 73.8 Å². The summed E-state index contributed by atoms with van der Waals surface area (Å²) < 4.78 is 25.4. The minimum absolute atomic E-state index is 0.00482. The van der Waals surface area contributed by atoms with Crippen molar-refractivity contribution in [3.8, 4) is 0 Å². The van der Waals surface area contributed by atoms with Crippen LogP contribution in [0.4, 0.5) is 0 Å². The summed E-state index contributed by atoms with van der Waals surface area (Å²) in [5.74, 6) is 1.24. The van der Waals surface area contributed by atoms with Gasteiger partial charge in [0.05, 0.1) is 12.7 Å². The van der Waals surface area contributed by atoms with Crippen LogP contribution in [0, 0.1) is 17.8 Å². The van der Waals surface area contributed by atoms with Gasteiger partial charge >= 0.3 is 0 Å². The number of hydrogen-bond acceptors (Lipinski definition) is 5. The van der Waals surface area contributed by atoms with Crippen molar-refractivity contribution in [3.05, 3.63) is 12.2 Å². The monoisotopic (exact) mass is 610 g/mol. The fourth-order valence-electron chi connectivity index (χ4n) is 5.97. The molecule has 2 aliphatic carbocycles. The average Bonchev–Trinajstić information content (AvgIpc) is 3.13. The molecule has 0 heterocycles. The molecular formula is C34H66O5Si2. The van der Waals surface area contributed by atoms with Gasteiger partial charge in [-0.15, -0.1) is 0 Å². The number of Topliss-reactive ketones (excluding diaryl/α,β-unsaturated/α-hetero) is 1. The molecule has 0 spiro atoms. The predicted molar refractivity (Wildman–Crippen MR) is 177 cm³/mol. The minimum Gasteiger partial charge on any atom is -0.414 e. The molecule has 0 aromatic rings. The van der Waals surface area contributed by atoms with Gasteiger partial charge in [-0.3, -0.25) is 4.79 Å². The van der Waals surface area contributed by atoms with Crippen molar-refractivity contribution in [3.63, 3.8) is 0 Å². The predicted octanol–water partition coefficient (Wildman–Crippen LogP) is 9.68. The van der Waals surface area contributed by atoms with Crippen molar-refractivity contribution in [1.29, 1.82) is 0 Å². The molecule has 41 heavy (non-hydrogen) atoms. The maximum atomic E-state index is 13.5. The van der Waals surface area contributed by atoms with Crippen LogP contribution in [0.2, 0.25) is 36.3 Å². The van der Waals surface area contributed by atoms with Gasteiger partial charge < -0.3 is 18.3 Å². The first-order valence-corrected chi connectivity index (χ1v) is 22.5. The molecule has 7 heteroatoms. The molecule has 2 unspecified atom stereocenters. The van der Waals surface area contributed by atoms with Gasteiger partial charge in [0.25, 0.3) is 0 Å². The maximum Gasteiger partial charge on any atom is 0.192 e. The highest BCUT2D eigenvalue weighted by Crippen LogP contribution is 2.45. The second kappa shape index (κ2) is 15.6. The van der Waals surface area contributed by atoms with E-state index in [-0.39, 0.29) is 40.4 Å². The molecule has 5 atom stereocenters. The van der Waals surface area contributed by atoms with Crippen molar-refractivity contribution in [2.24, 2.45) is 17.8 Å². The lowest BCUT2D eigenvalue weighted by Gasteiger charge is -2.43. The quantitative estimate of drug-likeness (QED) is 0.105. The number of ketones is 1. The van der Waals surface area contributed by atoms with Crippen molar-refractivity contribution in [1.82, 2.24) is 0 Å². The molecule has 0 saturated heterocycles. The Balaban J connectivity index is 2.24. The second-order valence-electron chi connectivity index (χ2n) is 15.8. The third-order valence-electron chi connectivity index (χ3n) is 10.7. The molecule has 5 nitrogen and oxygen atoms in total. The van der Waals surface area contributed by atoms with Crippen molar-refractivity contribution in [2.45, 2.75) is 168 Å². The fraction of sp³-hybridized carbons (Fsp3) is 0.912. The Bertz CT molecular complexity index is 820. The highest BCUT2D eigenvalue weighted by Gasteiger charge is 2.48.